The van der Waals surface area contributed by atoms with Crippen LogP contribution in [0.3, 0.4) is 0 Å². The van der Waals surface area contributed by atoms with Crippen molar-refractivity contribution in [3.63, 3.8) is 0 Å². The summed E-state index contributed by atoms with van der Waals surface area (Å²) in [4.78, 5) is 36.3. The standard InChI is InChI=1S/C12H21N3O4/c1-3-19-12(18)9(13)11(17)15-6-4-8(5-7-15)10(16)14-2/h8-9H,3-7,13H2,1-2H3,(H,14,16). The van der Waals surface area contributed by atoms with E-state index in [9.17, 15) is 14.4 Å². The third-order valence-corrected chi connectivity index (χ3v) is 3.23. The van der Waals surface area contributed by atoms with Crippen LogP contribution in [0, 0.1) is 5.92 Å². The summed E-state index contributed by atoms with van der Waals surface area (Å²) in [7, 11) is 1.59. The largest absolute Gasteiger partial charge is 0.464 e. The number of nitrogens with zero attached hydrogens (tertiary/aromatic N) is 1. The van der Waals surface area contributed by atoms with Crippen molar-refractivity contribution in [2.24, 2.45) is 11.7 Å². The molecule has 0 saturated carbocycles. The highest BCUT2D eigenvalue weighted by atomic mass is 16.5. The lowest BCUT2D eigenvalue weighted by Gasteiger charge is -2.32. The minimum Gasteiger partial charge on any atom is -0.464 e. The molecule has 0 radical (unpaired) electrons. The monoisotopic (exact) mass is 271 g/mol. The number of likely N-dealkylation sites (tertiary alicyclic amines) is 1. The molecule has 1 fully saturated rings. The zero-order valence-corrected chi connectivity index (χ0v) is 11.3. The van der Waals surface area contributed by atoms with Gasteiger partial charge >= 0.3 is 5.97 Å². The summed E-state index contributed by atoms with van der Waals surface area (Å²) < 4.78 is 4.72. The Hall–Kier alpha value is -1.63. The lowest BCUT2D eigenvalue weighted by Crippen LogP contribution is -2.52. The lowest BCUT2D eigenvalue weighted by atomic mass is 9.95. The summed E-state index contributed by atoms with van der Waals surface area (Å²) in [5, 5.41) is 2.60. The predicted octanol–water partition coefficient (Wildman–Crippen LogP) is -1.14. The van der Waals surface area contributed by atoms with E-state index in [0.29, 0.717) is 25.9 Å². The Morgan fingerprint density at radius 2 is 1.95 bits per heavy atom. The van der Waals surface area contributed by atoms with Crippen molar-refractivity contribution < 1.29 is 19.1 Å². The van der Waals surface area contributed by atoms with Gasteiger partial charge in [-0.3, -0.25) is 9.59 Å². The maximum atomic E-state index is 12.0. The minimum absolute atomic E-state index is 0.0122. The first-order chi connectivity index (χ1) is 9.01. The molecule has 1 rings (SSSR count). The molecule has 2 amide bonds. The van der Waals surface area contributed by atoms with E-state index in [-0.39, 0.29) is 18.4 Å². The van der Waals surface area contributed by atoms with Gasteiger partial charge in [-0.1, -0.05) is 0 Å². The van der Waals surface area contributed by atoms with E-state index >= 15 is 0 Å². The molecule has 0 aromatic heterocycles. The second kappa shape index (κ2) is 7.08. The molecule has 0 aromatic carbocycles. The van der Waals surface area contributed by atoms with Gasteiger partial charge in [-0.15, -0.1) is 0 Å². The zero-order valence-electron chi connectivity index (χ0n) is 11.3. The summed E-state index contributed by atoms with van der Waals surface area (Å²) in [5.41, 5.74) is 5.55. The first kappa shape index (κ1) is 15.4. The molecular weight excluding hydrogens is 250 g/mol. The number of hydrogen-bond acceptors (Lipinski definition) is 5. The van der Waals surface area contributed by atoms with Gasteiger partial charge in [0.1, 0.15) is 0 Å². The summed E-state index contributed by atoms with van der Waals surface area (Å²) in [6.07, 6.45) is 1.17. The van der Waals surface area contributed by atoms with Gasteiger partial charge in [0.15, 0.2) is 6.04 Å². The van der Waals surface area contributed by atoms with E-state index in [0.717, 1.165) is 0 Å². The number of nitrogens with two attached hydrogens (primary N) is 1. The quantitative estimate of drug-likeness (QED) is 0.497. The van der Waals surface area contributed by atoms with Gasteiger partial charge in [-0.05, 0) is 19.8 Å². The van der Waals surface area contributed by atoms with Crippen LogP contribution in [0.25, 0.3) is 0 Å². The van der Waals surface area contributed by atoms with Crippen molar-refractivity contribution in [2.45, 2.75) is 25.8 Å². The number of ether oxygens (including phenoxy) is 1. The molecule has 1 atom stereocenters. The van der Waals surface area contributed by atoms with Crippen molar-refractivity contribution in [1.29, 1.82) is 0 Å². The molecule has 0 bridgehead atoms. The van der Waals surface area contributed by atoms with E-state index < -0.39 is 17.9 Å². The molecule has 1 heterocycles. The van der Waals surface area contributed by atoms with Gasteiger partial charge in [0, 0.05) is 26.1 Å². The molecule has 1 aliphatic rings. The van der Waals surface area contributed by atoms with Gasteiger partial charge in [0.25, 0.3) is 5.91 Å². The van der Waals surface area contributed by atoms with E-state index in [1.54, 1.807) is 14.0 Å². The van der Waals surface area contributed by atoms with E-state index in [4.69, 9.17) is 10.5 Å². The number of piperidine rings is 1. The molecule has 1 unspecified atom stereocenters. The molecule has 108 valence electrons. The molecule has 1 saturated heterocycles. The van der Waals surface area contributed by atoms with Crippen molar-refractivity contribution in [3.05, 3.63) is 0 Å². The highest BCUT2D eigenvalue weighted by molar-refractivity contribution is 6.01. The third kappa shape index (κ3) is 3.92. The van der Waals surface area contributed by atoms with Crippen LogP contribution in [-0.4, -0.2) is 55.5 Å². The second-order valence-corrected chi connectivity index (χ2v) is 4.44. The van der Waals surface area contributed by atoms with Crippen molar-refractivity contribution in [2.75, 3.05) is 26.7 Å². The van der Waals surface area contributed by atoms with Gasteiger partial charge in [0.05, 0.1) is 6.61 Å². The van der Waals surface area contributed by atoms with Crippen molar-refractivity contribution in [3.8, 4) is 0 Å². The molecule has 0 aromatic rings. The molecule has 19 heavy (non-hydrogen) atoms. The Morgan fingerprint density at radius 3 is 2.42 bits per heavy atom. The number of carbonyl (C=O) groups is 3. The van der Waals surface area contributed by atoms with E-state index in [1.165, 1.54) is 4.90 Å². The molecule has 0 spiro atoms. The Bertz CT molecular complexity index is 351. The van der Waals surface area contributed by atoms with Crippen molar-refractivity contribution in [1.82, 2.24) is 10.2 Å². The first-order valence-electron chi connectivity index (χ1n) is 6.43. The van der Waals surface area contributed by atoms with E-state index in [2.05, 4.69) is 5.32 Å². The van der Waals surface area contributed by atoms with Crippen LogP contribution >= 0.6 is 0 Å². The Morgan fingerprint density at radius 1 is 1.37 bits per heavy atom. The number of amides is 2. The smallest absolute Gasteiger partial charge is 0.332 e. The average Bonchev–Trinajstić information content (AvgIpc) is 2.45. The maximum Gasteiger partial charge on any atom is 0.332 e. The number of rotatable bonds is 4. The summed E-state index contributed by atoms with van der Waals surface area (Å²) in [5.74, 6) is -1.23. The normalized spacial score (nSPS) is 17.7. The Labute approximate surface area is 112 Å². The van der Waals surface area contributed by atoms with Crippen LogP contribution < -0.4 is 11.1 Å². The lowest BCUT2D eigenvalue weighted by molar-refractivity contribution is -0.151. The summed E-state index contributed by atoms with van der Waals surface area (Å²) >= 11 is 0. The number of esters is 1. The van der Waals surface area contributed by atoms with Crippen LogP contribution in [0.2, 0.25) is 0 Å². The molecule has 7 nitrogen and oxygen atoms in total. The van der Waals surface area contributed by atoms with Crippen LogP contribution in [-0.2, 0) is 19.1 Å². The average molecular weight is 271 g/mol. The van der Waals surface area contributed by atoms with Gasteiger partial charge in [-0.2, -0.15) is 0 Å². The van der Waals surface area contributed by atoms with Crippen LogP contribution in [0.4, 0.5) is 0 Å². The Kier molecular flexibility index (Phi) is 5.75. The van der Waals surface area contributed by atoms with E-state index in [1.807, 2.05) is 0 Å². The molecule has 7 heteroatoms. The molecule has 0 aliphatic carbocycles. The summed E-state index contributed by atoms with van der Waals surface area (Å²) in [6.45, 7) is 2.72. The third-order valence-electron chi connectivity index (χ3n) is 3.23. The fourth-order valence-corrected chi connectivity index (χ4v) is 2.10. The first-order valence-corrected chi connectivity index (χ1v) is 6.43. The van der Waals surface area contributed by atoms with Gasteiger partial charge in [-0.25, -0.2) is 4.79 Å². The number of carbonyl (C=O) groups excluding carboxylic acids is 3. The Balaban J connectivity index is 2.48. The fourth-order valence-electron chi connectivity index (χ4n) is 2.10. The van der Waals surface area contributed by atoms with Gasteiger partial charge in [0.2, 0.25) is 5.91 Å². The number of nitrogens with one attached hydrogen (secondary N) is 1. The topological polar surface area (TPSA) is 102 Å². The predicted molar refractivity (Wildman–Crippen MR) is 68.0 cm³/mol. The highest BCUT2D eigenvalue weighted by Gasteiger charge is 2.32. The SMILES string of the molecule is CCOC(=O)C(N)C(=O)N1CCC(C(=O)NC)CC1. The fraction of sp³-hybridized carbons (Fsp3) is 0.750. The molecule has 1 aliphatic heterocycles. The maximum absolute atomic E-state index is 12.0. The van der Waals surface area contributed by atoms with Gasteiger partial charge < -0.3 is 20.7 Å². The molecular formula is C12H21N3O4. The molecule has 3 N–H and O–H groups in total. The van der Waals surface area contributed by atoms with Crippen molar-refractivity contribution >= 4 is 17.8 Å². The summed E-state index contributed by atoms with van der Waals surface area (Å²) in [6, 6.07) is -1.27. The van der Waals surface area contributed by atoms with Crippen LogP contribution in [0.15, 0.2) is 0 Å². The van der Waals surface area contributed by atoms with Crippen LogP contribution in [0.5, 0.6) is 0 Å². The number of hydrogen-bond donors (Lipinski definition) is 2. The second-order valence-electron chi connectivity index (χ2n) is 4.44. The minimum atomic E-state index is -1.27. The van der Waals surface area contributed by atoms with Crippen LogP contribution in [0.1, 0.15) is 19.8 Å². The highest BCUT2D eigenvalue weighted by Crippen LogP contribution is 2.17. The zero-order chi connectivity index (χ0) is 14.4.